The largest absolute Gasteiger partial charge is 0.466 e. The van der Waals surface area contributed by atoms with Gasteiger partial charge < -0.3 is 4.74 Å². The van der Waals surface area contributed by atoms with E-state index in [1.54, 1.807) is 25.1 Å². The third-order valence-electron chi connectivity index (χ3n) is 2.59. The number of Topliss-reactive ketones (excluding diaryl/α,β-unsaturated/α-hetero) is 1. The van der Waals surface area contributed by atoms with Gasteiger partial charge in [0.15, 0.2) is 0 Å². The first-order valence-electron chi connectivity index (χ1n) is 6.14. The summed E-state index contributed by atoms with van der Waals surface area (Å²) in [6.07, 6.45) is 1.22. The maximum atomic E-state index is 11.6. The van der Waals surface area contributed by atoms with Gasteiger partial charge in [0.05, 0.1) is 13.0 Å². The van der Waals surface area contributed by atoms with E-state index in [0.717, 1.165) is 5.56 Å². The first-order chi connectivity index (χ1) is 9.02. The molecule has 0 fully saturated rings. The highest BCUT2D eigenvalue weighted by atomic mass is 35.5. The second-order valence-electron chi connectivity index (χ2n) is 4.08. The van der Waals surface area contributed by atoms with Crippen molar-refractivity contribution < 1.29 is 14.3 Å². The number of esters is 1. The number of hydrogen-bond acceptors (Lipinski definition) is 3. The van der Waals surface area contributed by atoms with Crippen molar-refractivity contribution in [2.24, 2.45) is 0 Å². The molecule has 1 aromatic carbocycles. The van der Waals surface area contributed by atoms with E-state index in [1.807, 2.05) is 0 Å². The molecule has 0 N–H and O–H groups in total. The van der Waals surface area contributed by atoms with Gasteiger partial charge in [0, 0.05) is 22.9 Å². The monoisotopic (exact) mass is 302 g/mol. The van der Waals surface area contributed by atoms with Crippen molar-refractivity contribution in [3.8, 4) is 0 Å². The molecule has 0 atom stereocenters. The number of carbonyl (C=O) groups excluding carboxylic acids is 2. The van der Waals surface area contributed by atoms with Gasteiger partial charge in [-0.15, -0.1) is 0 Å². The number of benzene rings is 1. The fourth-order valence-electron chi connectivity index (χ4n) is 1.61. The molecule has 19 heavy (non-hydrogen) atoms. The van der Waals surface area contributed by atoms with Crippen LogP contribution in [0.15, 0.2) is 18.2 Å². The minimum absolute atomic E-state index is 0.0177. The highest BCUT2D eigenvalue weighted by Gasteiger charge is 2.09. The number of halogens is 2. The number of ketones is 1. The van der Waals surface area contributed by atoms with E-state index in [1.165, 1.54) is 0 Å². The van der Waals surface area contributed by atoms with Crippen LogP contribution >= 0.6 is 23.2 Å². The van der Waals surface area contributed by atoms with Crippen molar-refractivity contribution >= 4 is 35.0 Å². The molecule has 3 nitrogen and oxygen atoms in total. The zero-order valence-electron chi connectivity index (χ0n) is 10.7. The summed E-state index contributed by atoms with van der Waals surface area (Å²) in [6, 6.07) is 5.17. The van der Waals surface area contributed by atoms with Crippen molar-refractivity contribution in [1.29, 1.82) is 0 Å². The summed E-state index contributed by atoms with van der Waals surface area (Å²) in [5.74, 6) is -0.319. The van der Waals surface area contributed by atoms with Gasteiger partial charge >= 0.3 is 5.97 Å². The van der Waals surface area contributed by atoms with Crippen LogP contribution < -0.4 is 0 Å². The quantitative estimate of drug-likeness (QED) is 0.719. The van der Waals surface area contributed by atoms with Gasteiger partial charge in [0.1, 0.15) is 5.78 Å². The molecule has 0 aliphatic heterocycles. The molecule has 1 aromatic rings. The molecule has 0 bridgehead atoms. The first kappa shape index (κ1) is 16.0. The normalized spacial score (nSPS) is 10.3. The van der Waals surface area contributed by atoms with Crippen molar-refractivity contribution in [3.05, 3.63) is 33.8 Å². The molecule has 0 heterocycles. The Kier molecular flexibility index (Phi) is 6.89. The van der Waals surface area contributed by atoms with Gasteiger partial charge in [-0.1, -0.05) is 23.2 Å². The van der Waals surface area contributed by atoms with E-state index in [0.29, 0.717) is 29.5 Å². The van der Waals surface area contributed by atoms with Gasteiger partial charge in [0.2, 0.25) is 0 Å². The number of ether oxygens (including phenoxy) is 1. The van der Waals surface area contributed by atoms with Crippen molar-refractivity contribution in [2.75, 3.05) is 6.61 Å². The van der Waals surface area contributed by atoms with Crippen LogP contribution in [0.25, 0.3) is 0 Å². The average Bonchev–Trinajstić information content (AvgIpc) is 2.38. The molecule has 0 amide bonds. The second kappa shape index (κ2) is 8.18. The molecule has 0 radical (unpaired) electrons. The van der Waals surface area contributed by atoms with Gasteiger partial charge in [-0.2, -0.15) is 0 Å². The number of carbonyl (C=O) groups is 2. The predicted octanol–water partition coefficient (Wildman–Crippen LogP) is 3.84. The van der Waals surface area contributed by atoms with Crippen LogP contribution in [0, 0.1) is 0 Å². The Bertz CT molecular complexity index is 458. The predicted molar refractivity (Wildman–Crippen MR) is 75.7 cm³/mol. The Balaban J connectivity index is 2.38. The highest BCUT2D eigenvalue weighted by molar-refractivity contribution is 6.33. The molecule has 104 valence electrons. The average molecular weight is 303 g/mol. The molecule has 0 saturated carbocycles. The topological polar surface area (TPSA) is 43.4 Å². The fourth-order valence-corrected chi connectivity index (χ4v) is 2.02. The molecule has 0 unspecified atom stereocenters. The van der Waals surface area contributed by atoms with Gasteiger partial charge in [-0.3, -0.25) is 9.59 Å². The van der Waals surface area contributed by atoms with Crippen LogP contribution in [-0.2, 0) is 20.7 Å². The third-order valence-corrected chi connectivity index (χ3v) is 3.20. The molecular formula is C14H16Cl2O3. The Morgan fingerprint density at radius 1 is 1.16 bits per heavy atom. The van der Waals surface area contributed by atoms with E-state index in [4.69, 9.17) is 27.9 Å². The maximum absolute atomic E-state index is 11.6. The molecule has 1 rings (SSSR count). The van der Waals surface area contributed by atoms with E-state index in [2.05, 4.69) is 0 Å². The molecule has 0 aromatic heterocycles. The van der Waals surface area contributed by atoms with Crippen LogP contribution in [-0.4, -0.2) is 18.4 Å². The minimum Gasteiger partial charge on any atom is -0.466 e. The van der Waals surface area contributed by atoms with Crippen molar-refractivity contribution in [3.63, 3.8) is 0 Å². The third kappa shape index (κ3) is 6.08. The Hall–Kier alpha value is -1.06. The Morgan fingerprint density at radius 3 is 2.58 bits per heavy atom. The minimum atomic E-state index is -0.336. The van der Waals surface area contributed by atoms with Crippen LogP contribution in [0.2, 0.25) is 10.0 Å². The molecule has 0 aliphatic carbocycles. The lowest BCUT2D eigenvalue weighted by Gasteiger charge is -2.05. The highest BCUT2D eigenvalue weighted by Crippen LogP contribution is 2.22. The summed E-state index contributed by atoms with van der Waals surface area (Å²) in [5.41, 5.74) is 0.846. The standard InChI is InChI=1S/C14H16Cl2O3/c1-2-19-14(18)8-6-12(17)5-3-10-9-11(15)4-7-13(10)16/h4,7,9H,2-3,5-6,8H2,1H3. The van der Waals surface area contributed by atoms with Gasteiger partial charge in [-0.25, -0.2) is 0 Å². The SMILES string of the molecule is CCOC(=O)CCC(=O)CCc1cc(Cl)ccc1Cl. The maximum Gasteiger partial charge on any atom is 0.306 e. The molecular weight excluding hydrogens is 287 g/mol. The van der Waals surface area contributed by atoms with E-state index in [-0.39, 0.29) is 24.6 Å². The van der Waals surface area contributed by atoms with E-state index in [9.17, 15) is 9.59 Å². The lowest BCUT2D eigenvalue weighted by molar-refractivity contribution is -0.144. The number of aryl methyl sites for hydroxylation is 1. The summed E-state index contributed by atoms with van der Waals surface area (Å²) in [6.45, 7) is 2.08. The van der Waals surface area contributed by atoms with Gasteiger partial charge in [-0.05, 0) is 37.1 Å². The summed E-state index contributed by atoms with van der Waals surface area (Å²) in [7, 11) is 0. The van der Waals surface area contributed by atoms with Gasteiger partial charge in [0.25, 0.3) is 0 Å². The number of rotatable bonds is 7. The van der Waals surface area contributed by atoms with Crippen LogP contribution in [0.4, 0.5) is 0 Å². The zero-order chi connectivity index (χ0) is 14.3. The summed E-state index contributed by atoms with van der Waals surface area (Å²) in [5, 5.41) is 1.20. The summed E-state index contributed by atoms with van der Waals surface area (Å²) >= 11 is 11.9. The second-order valence-corrected chi connectivity index (χ2v) is 4.92. The summed E-state index contributed by atoms with van der Waals surface area (Å²) < 4.78 is 4.76. The Labute approximate surface area is 122 Å². The molecule has 0 spiro atoms. The van der Waals surface area contributed by atoms with Crippen LogP contribution in [0.3, 0.4) is 0 Å². The fraction of sp³-hybridized carbons (Fsp3) is 0.429. The summed E-state index contributed by atoms with van der Waals surface area (Å²) in [4.78, 5) is 22.7. The number of hydrogen-bond donors (Lipinski definition) is 0. The first-order valence-corrected chi connectivity index (χ1v) is 6.89. The lowest BCUT2D eigenvalue weighted by atomic mass is 10.1. The van der Waals surface area contributed by atoms with Crippen molar-refractivity contribution in [2.45, 2.75) is 32.6 Å². The van der Waals surface area contributed by atoms with E-state index < -0.39 is 0 Å². The zero-order valence-corrected chi connectivity index (χ0v) is 12.3. The van der Waals surface area contributed by atoms with Crippen molar-refractivity contribution in [1.82, 2.24) is 0 Å². The van der Waals surface area contributed by atoms with E-state index >= 15 is 0 Å². The smallest absolute Gasteiger partial charge is 0.306 e. The lowest BCUT2D eigenvalue weighted by Crippen LogP contribution is -2.08. The molecule has 0 saturated heterocycles. The van der Waals surface area contributed by atoms with Crippen LogP contribution in [0.5, 0.6) is 0 Å². The molecule has 5 heteroatoms. The Morgan fingerprint density at radius 2 is 1.89 bits per heavy atom. The molecule has 0 aliphatic rings. The van der Waals surface area contributed by atoms with Crippen LogP contribution in [0.1, 0.15) is 31.7 Å².